The first kappa shape index (κ1) is 16.9. The molecule has 0 bridgehead atoms. The molecule has 2 heterocycles. The molecule has 1 fully saturated rings. The molecule has 0 saturated carbocycles. The summed E-state index contributed by atoms with van der Waals surface area (Å²) in [5, 5.41) is 4.21. The average molecular weight is 326 g/mol. The molecule has 3 rings (SSSR count). The van der Waals surface area contributed by atoms with Gasteiger partial charge in [-0.05, 0) is 56.7 Å². The van der Waals surface area contributed by atoms with Gasteiger partial charge in [-0.15, -0.1) is 0 Å². The highest BCUT2D eigenvalue weighted by atomic mass is 16.2. The number of fused-ring (bicyclic) bond motifs is 1. The van der Waals surface area contributed by atoms with Crippen LogP contribution in [-0.4, -0.2) is 60.5 Å². The number of carbonyl (C=O) groups excluding carboxylic acids is 1. The molecule has 1 saturated heterocycles. The lowest BCUT2D eigenvalue weighted by molar-refractivity contribution is -0.122. The maximum absolute atomic E-state index is 12.3. The summed E-state index contributed by atoms with van der Waals surface area (Å²) in [4.78, 5) is 21.3. The summed E-state index contributed by atoms with van der Waals surface area (Å²) in [6.07, 6.45) is 2.92. The molecule has 24 heavy (non-hydrogen) atoms. The lowest BCUT2D eigenvalue weighted by Crippen LogP contribution is -2.38. The largest absolute Gasteiger partial charge is 0.351 e. The molecule has 2 aromatic rings. The van der Waals surface area contributed by atoms with Crippen LogP contribution in [0.2, 0.25) is 0 Å². The van der Waals surface area contributed by atoms with E-state index in [1.807, 2.05) is 12.1 Å². The first-order valence-electron chi connectivity index (χ1n) is 8.64. The predicted molar refractivity (Wildman–Crippen MR) is 96.9 cm³/mol. The van der Waals surface area contributed by atoms with Crippen LogP contribution in [0.4, 0.5) is 0 Å². The Hall–Kier alpha value is -1.98. The van der Waals surface area contributed by atoms with E-state index >= 15 is 0 Å². The van der Waals surface area contributed by atoms with Gasteiger partial charge in [0.05, 0.1) is 12.1 Å². The van der Waals surface area contributed by atoms with Gasteiger partial charge in [0.1, 0.15) is 0 Å². The number of nitrogens with zero attached hydrogens (tertiary/aromatic N) is 3. The van der Waals surface area contributed by atoms with Gasteiger partial charge in [-0.3, -0.25) is 14.7 Å². The molecular formula is C19H26N4O. The average Bonchev–Trinajstić information content (AvgIpc) is 2.78. The summed E-state index contributed by atoms with van der Waals surface area (Å²) < 4.78 is 0. The number of benzene rings is 1. The number of likely N-dealkylation sites (N-methyl/N-ethyl adjacent to an activating group) is 1. The van der Waals surface area contributed by atoms with Gasteiger partial charge in [-0.1, -0.05) is 12.1 Å². The van der Waals surface area contributed by atoms with Crippen molar-refractivity contribution in [2.24, 2.45) is 0 Å². The minimum absolute atomic E-state index is 0.0971. The van der Waals surface area contributed by atoms with E-state index < -0.39 is 0 Å². The molecule has 1 aliphatic heterocycles. The third-order valence-electron chi connectivity index (χ3n) is 4.77. The number of rotatable bonds is 4. The van der Waals surface area contributed by atoms with Crippen LogP contribution in [0.1, 0.15) is 17.5 Å². The fraction of sp³-hybridized carbons (Fsp3) is 0.474. The molecule has 1 aromatic heterocycles. The zero-order valence-electron chi connectivity index (χ0n) is 14.6. The van der Waals surface area contributed by atoms with Gasteiger partial charge in [0.2, 0.25) is 5.91 Å². The lowest BCUT2D eigenvalue weighted by atomic mass is 10.0. The van der Waals surface area contributed by atoms with E-state index in [1.165, 1.54) is 5.56 Å². The van der Waals surface area contributed by atoms with Crippen molar-refractivity contribution in [3.63, 3.8) is 0 Å². The van der Waals surface area contributed by atoms with Gasteiger partial charge in [-0.25, -0.2) is 0 Å². The maximum Gasteiger partial charge on any atom is 0.234 e. The van der Waals surface area contributed by atoms with Gasteiger partial charge in [-0.2, -0.15) is 0 Å². The standard InChI is InChI=1S/C19H26N4O/c1-15-6-7-18-16(5-3-8-20-18)17(15)13-21-19(24)14-23-10-4-9-22(2)11-12-23/h3,5-8H,4,9-14H2,1-2H3,(H,21,24). The first-order valence-corrected chi connectivity index (χ1v) is 8.64. The van der Waals surface area contributed by atoms with Gasteiger partial charge in [0, 0.05) is 31.2 Å². The fourth-order valence-corrected chi connectivity index (χ4v) is 3.26. The van der Waals surface area contributed by atoms with Crippen molar-refractivity contribution in [3.05, 3.63) is 41.6 Å². The monoisotopic (exact) mass is 326 g/mol. The molecule has 1 aromatic carbocycles. The number of pyridine rings is 1. The number of nitrogens with one attached hydrogen (secondary N) is 1. The van der Waals surface area contributed by atoms with Crippen LogP contribution in [0.15, 0.2) is 30.5 Å². The molecule has 1 aliphatic rings. The molecule has 1 N–H and O–H groups in total. The van der Waals surface area contributed by atoms with E-state index in [0.717, 1.165) is 49.1 Å². The summed E-state index contributed by atoms with van der Waals surface area (Å²) in [6, 6.07) is 8.12. The van der Waals surface area contributed by atoms with Crippen molar-refractivity contribution in [1.82, 2.24) is 20.1 Å². The Kier molecular flexibility index (Phi) is 5.43. The maximum atomic E-state index is 12.3. The SMILES string of the molecule is Cc1ccc2ncccc2c1CNC(=O)CN1CCCN(C)CC1. The predicted octanol–water partition coefficient (Wildman–Crippen LogP) is 1.80. The second-order valence-corrected chi connectivity index (χ2v) is 6.64. The van der Waals surface area contributed by atoms with Crippen molar-refractivity contribution >= 4 is 16.8 Å². The van der Waals surface area contributed by atoms with Crippen LogP contribution >= 0.6 is 0 Å². The minimum atomic E-state index is 0.0971. The molecule has 1 amide bonds. The molecule has 0 atom stereocenters. The zero-order valence-corrected chi connectivity index (χ0v) is 14.6. The van der Waals surface area contributed by atoms with Crippen LogP contribution in [-0.2, 0) is 11.3 Å². The number of aryl methyl sites for hydroxylation is 1. The van der Waals surface area contributed by atoms with E-state index in [1.54, 1.807) is 6.20 Å². The third kappa shape index (κ3) is 4.10. The fourth-order valence-electron chi connectivity index (χ4n) is 3.26. The minimum Gasteiger partial charge on any atom is -0.351 e. The Balaban J connectivity index is 1.61. The summed E-state index contributed by atoms with van der Waals surface area (Å²) in [6.45, 7) is 7.22. The Morgan fingerprint density at radius 1 is 1.21 bits per heavy atom. The Labute approximate surface area is 143 Å². The molecule has 0 radical (unpaired) electrons. The Bertz CT molecular complexity index is 716. The summed E-state index contributed by atoms with van der Waals surface area (Å²) in [7, 11) is 2.14. The quantitative estimate of drug-likeness (QED) is 0.931. The van der Waals surface area contributed by atoms with E-state index in [2.05, 4.69) is 46.2 Å². The van der Waals surface area contributed by atoms with Crippen molar-refractivity contribution in [3.8, 4) is 0 Å². The van der Waals surface area contributed by atoms with Crippen LogP contribution in [0.3, 0.4) is 0 Å². The Morgan fingerprint density at radius 3 is 2.96 bits per heavy atom. The molecule has 0 unspecified atom stereocenters. The highest BCUT2D eigenvalue weighted by molar-refractivity contribution is 5.84. The summed E-state index contributed by atoms with van der Waals surface area (Å²) >= 11 is 0. The number of amides is 1. The number of hydrogen-bond donors (Lipinski definition) is 1. The molecule has 128 valence electrons. The van der Waals surface area contributed by atoms with Crippen LogP contribution in [0.25, 0.3) is 10.9 Å². The van der Waals surface area contributed by atoms with Crippen molar-refractivity contribution < 1.29 is 4.79 Å². The highest BCUT2D eigenvalue weighted by Crippen LogP contribution is 2.20. The van der Waals surface area contributed by atoms with Gasteiger partial charge < -0.3 is 10.2 Å². The van der Waals surface area contributed by atoms with E-state index in [4.69, 9.17) is 0 Å². The van der Waals surface area contributed by atoms with Crippen LogP contribution in [0.5, 0.6) is 0 Å². The normalized spacial score (nSPS) is 16.9. The third-order valence-corrected chi connectivity index (χ3v) is 4.77. The van der Waals surface area contributed by atoms with Crippen molar-refractivity contribution in [2.45, 2.75) is 19.9 Å². The topological polar surface area (TPSA) is 48.5 Å². The van der Waals surface area contributed by atoms with Gasteiger partial charge >= 0.3 is 0 Å². The second kappa shape index (κ2) is 7.73. The van der Waals surface area contributed by atoms with Gasteiger partial charge in [0.15, 0.2) is 0 Å². The first-order chi connectivity index (χ1) is 11.6. The molecule has 0 spiro atoms. The van der Waals surface area contributed by atoms with E-state index in [0.29, 0.717) is 13.1 Å². The molecule has 5 heteroatoms. The van der Waals surface area contributed by atoms with Crippen molar-refractivity contribution in [1.29, 1.82) is 0 Å². The molecule has 0 aliphatic carbocycles. The molecular weight excluding hydrogens is 300 g/mol. The van der Waals surface area contributed by atoms with E-state index in [-0.39, 0.29) is 5.91 Å². The van der Waals surface area contributed by atoms with E-state index in [9.17, 15) is 4.79 Å². The number of carbonyl (C=O) groups is 1. The van der Waals surface area contributed by atoms with Crippen molar-refractivity contribution in [2.75, 3.05) is 39.8 Å². The summed E-state index contributed by atoms with van der Waals surface area (Å²) in [5.74, 6) is 0.0971. The molecule has 5 nitrogen and oxygen atoms in total. The highest BCUT2D eigenvalue weighted by Gasteiger charge is 2.15. The van der Waals surface area contributed by atoms with Crippen LogP contribution < -0.4 is 5.32 Å². The number of hydrogen-bond acceptors (Lipinski definition) is 4. The number of aromatic nitrogens is 1. The lowest BCUT2D eigenvalue weighted by Gasteiger charge is -2.19. The smallest absolute Gasteiger partial charge is 0.234 e. The zero-order chi connectivity index (χ0) is 16.9. The second-order valence-electron chi connectivity index (χ2n) is 6.64. The Morgan fingerprint density at radius 2 is 2.08 bits per heavy atom. The summed E-state index contributed by atoms with van der Waals surface area (Å²) in [5.41, 5.74) is 3.32. The van der Waals surface area contributed by atoms with Crippen LogP contribution in [0, 0.1) is 6.92 Å². The van der Waals surface area contributed by atoms with Gasteiger partial charge in [0.25, 0.3) is 0 Å².